The van der Waals surface area contributed by atoms with Gasteiger partial charge in [-0.2, -0.15) is 5.10 Å². The molecule has 0 aliphatic carbocycles. The summed E-state index contributed by atoms with van der Waals surface area (Å²) in [6.07, 6.45) is 3.36. The lowest BCUT2D eigenvalue weighted by Gasteiger charge is -2.24. The highest BCUT2D eigenvalue weighted by molar-refractivity contribution is 6.31. The molecule has 5 nitrogen and oxygen atoms in total. The Labute approximate surface area is 157 Å². The normalized spacial score (nSPS) is 17.5. The maximum absolute atomic E-state index is 12.9. The van der Waals surface area contributed by atoms with E-state index in [-0.39, 0.29) is 11.9 Å². The zero-order valence-corrected chi connectivity index (χ0v) is 16.2. The third-order valence-electron chi connectivity index (χ3n) is 4.44. The Morgan fingerprint density at radius 1 is 1.40 bits per heavy atom. The van der Waals surface area contributed by atoms with Crippen LogP contribution in [0.1, 0.15) is 54.5 Å². The quantitative estimate of drug-likeness (QED) is 0.782. The van der Waals surface area contributed by atoms with E-state index in [2.05, 4.69) is 23.9 Å². The summed E-state index contributed by atoms with van der Waals surface area (Å²) in [6.45, 7) is 7.65. The van der Waals surface area contributed by atoms with Crippen LogP contribution in [-0.4, -0.2) is 32.1 Å². The Bertz CT molecular complexity index is 787. The first kappa shape index (κ1) is 18.2. The largest absolute Gasteiger partial charge is 0.330 e. The van der Waals surface area contributed by atoms with Crippen LogP contribution in [0, 0.1) is 12.8 Å². The van der Waals surface area contributed by atoms with Gasteiger partial charge in [-0.3, -0.25) is 14.5 Å². The number of pyridine rings is 1. The lowest BCUT2D eigenvalue weighted by Crippen LogP contribution is -2.31. The zero-order chi connectivity index (χ0) is 18.1. The van der Waals surface area contributed by atoms with Gasteiger partial charge < -0.3 is 4.90 Å². The van der Waals surface area contributed by atoms with Crippen molar-refractivity contribution < 1.29 is 4.79 Å². The van der Waals surface area contributed by atoms with E-state index in [0.29, 0.717) is 28.3 Å². The van der Waals surface area contributed by atoms with E-state index >= 15 is 0 Å². The number of nitrogens with zero attached hydrogens (tertiary/aromatic N) is 4. The minimum absolute atomic E-state index is 0.0679. The molecule has 0 unspecified atom stereocenters. The summed E-state index contributed by atoms with van der Waals surface area (Å²) in [5.41, 5.74) is 2.20. The Morgan fingerprint density at radius 3 is 2.84 bits per heavy atom. The number of hydrogen-bond donors (Lipinski definition) is 0. The van der Waals surface area contributed by atoms with Crippen molar-refractivity contribution in [2.75, 3.05) is 6.54 Å². The molecule has 0 bridgehead atoms. The summed E-state index contributed by atoms with van der Waals surface area (Å²) in [5.74, 6) is 0.332. The van der Waals surface area contributed by atoms with Crippen LogP contribution in [0.5, 0.6) is 0 Å². The summed E-state index contributed by atoms with van der Waals surface area (Å²) in [4.78, 5) is 18.9. The SMILES string of the molecule is Cc1nn(CC(C)C)c(Cl)c1[C@H]1CCCN1C(=O)c1cc(Cl)ccn1. The second-order valence-corrected chi connectivity index (χ2v) is 7.68. The minimum atomic E-state index is -0.114. The van der Waals surface area contributed by atoms with E-state index in [0.717, 1.165) is 30.6 Å². The van der Waals surface area contributed by atoms with Crippen molar-refractivity contribution in [3.63, 3.8) is 0 Å². The lowest BCUT2D eigenvalue weighted by atomic mass is 10.1. The van der Waals surface area contributed by atoms with Crippen molar-refractivity contribution in [2.45, 2.75) is 46.2 Å². The maximum atomic E-state index is 12.9. The molecule has 0 saturated carbocycles. The summed E-state index contributed by atoms with van der Waals surface area (Å²) in [6, 6.07) is 3.20. The van der Waals surface area contributed by atoms with Crippen LogP contribution < -0.4 is 0 Å². The van der Waals surface area contributed by atoms with Gasteiger partial charge in [-0.15, -0.1) is 0 Å². The molecule has 1 aliphatic rings. The second-order valence-electron chi connectivity index (χ2n) is 6.88. The summed E-state index contributed by atoms with van der Waals surface area (Å²) in [7, 11) is 0. The number of amides is 1. The number of carbonyl (C=O) groups excluding carboxylic acids is 1. The third kappa shape index (κ3) is 3.67. The predicted molar refractivity (Wildman–Crippen MR) is 99.1 cm³/mol. The van der Waals surface area contributed by atoms with Crippen LogP contribution in [-0.2, 0) is 6.54 Å². The van der Waals surface area contributed by atoms with Gasteiger partial charge in [0.25, 0.3) is 5.91 Å². The average Bonchev–Trinajstić information content (AvgIpc) is 3.11. The van der Waals surface area contributed by atoms with Crippen LogP contribution in [0.25, 0.3) is 0 Å². The van der Waals surface area contributed by atoms with Gasteiger partial charge in [0.15, 0.2) is 0 Å². The highest BCUT2D eigenvalue weighted by atomic mass is 35.5. The smallest absolute Gasteiger partial charge is 0.273 e. The number of aromatic nitrogens is 3. The van der Waals surface area contributed by atoms with Gasteiger partial charge in [0.1, 0.15) is 10.8 Å². The number of carbonyl (C=O) groups is 1. The molecule has 3 heterocycles. The van der Waals surface area contributed by atoms with Crippen molar-refractivity contribution >= 4 is 29.1 Å². The van der Waals surface area contributed by atoms with E-state index in [1.807, 2.05) is 16.5 Å². The van der Waals surface area contributed by atoms with Gasteiger partial charge in [0.05, 0.1) is 11.7 Å². The second kappa shape index (κ2) is 7.34. The molecular formula is C18H22Cl2N4O. The molecule has 2 aromatic heterocycles. The van der Waals surface area contributed by atoms with Gasteiger partial charge in [-0.05, 0) is 37.8 Å². The zero-order valence-electron chi connectivity index (χ0n) is 14.7. The number of likely N-dealkylation sites (tertiary alicyclic amines) is 1. The molecule has 1 aliphatic heterocycles. The summed E-state index contributed by atoms with van der Waals surface area (Å²) < 4.78 is 1.84. The van der Waals surface area contributed by atoms with E-state index in [4.69, 9.17) is 23.2 Å². The van der Waals surface area contributed by atoms with Gasteiger partial charge in [0.2, 0.25) is 0 Å². The first-order valence-corrected chi connectivity index (χ1v) is 9.29. The monoisotopic (exact) mass is 380 g/mol. The highest BCUT2D eigenvalue weighted by Gasteiger charge is 2.35. The Hall–Kier alpha value is -1.59. The van der Waals surface area contributed by atoms with Crippen molar-refractivity contribution in [3.8, 4) is 0 Å². The van der Waals surface area contributed by atoms with Crippen LogP contribution in [0.15, 0.2) is 18.3 Å². The van der Waals surface area contributed by atoms with Crippen molar-refractivity contribution in [3.05, 3.63) is 45.5 Å². The molecule has 1 fully saturated rings. The molecule has 3 rings (SSSR count). The van der Waals surface area contributed by atoms with Crippen LogP contribution in [0.2, 0.25) is 10.2 Å². The molecule has 1 amide bonds. The van der Waals surface area contributed by atoms with Gasteiger partial charge in [0, 0.05) is 29.9 Å². The molecule has 7 heteroatoms. The summed E-state index contributed by atoms with van der Waals surface area (Å²) in [5, 5.41) is 5.73. The Kier molecular flexibility index (Phi) is 5.35. The standard InChI is InChI=1S/C18H22Cl2N4O/c1-11(2)10-24-17(20)16(12(3)22-24)15-5-4-8-23(15)18(25)14-9-13(19)6-7-21-14/h6-7,9,11,15H,4-5,8,10H2,1-3H3/t15-/m1/s1. The number of rotatable bonds is 4. The molecule has 134 valence electrons. The number of aryl methyl sites for hydroxylation is 1. The molecule has 0 aromatic carbocycles. The predicted octanol–water partition coefficient (Wildman–Crippen LogP) is 4.53. The van der Waals surface area contributed by atoms with Crippen molar-refractivity contribution in [2.24, 2.45) is 5.92 Å². The van der Waals surface area contributed by atoms with Gasteiger partial charge in [-0.1, -0.05) is 37.0 Å². The van der Waals surface area contributed by atoms with Crippen LogP contribution >= 0.6 is 23.2 Å². The topological polar surface area (TPSA) is 51.0 Å². The molecule has 1 atom stereocenters. The molecular weight excluding hydrogens is 359 g/mol. The molecule has 0 spiro atoms. The van der Waals surface area contributed by atoms with Crippen LogP contribution in [0.3, 0.4) is 0 Å². The van der Waals surface area contributed by atoms with Crippen LogP contribution in [0.4, 0.5) is 0 Å². The molecule has 25 heavy (non-hydrogen) atoms. The van der Waals surface area contributed by atoms with Crippen molar-refractivity contribution in [1.82, 2.24) is 19.7 Å². The van der Waals surface area contributed by atoms with Gasteiger partial charge in [-0.25, -0.2) is 0 Å². The van der Waals surface area contributed by atoms with Crippen molar-refractivity contribution in [1.29, 1.82) is 0 Å². The number of hydrogen-bond acceptors (Lipinski definition) is 3. The molecule has 1 saturated heterocycles. The minimum Gasteiger partial charge on any atom is -0.330 e. The third-order valence-corrected chi connectivity index (χ3v) is 5.07. The van der Waals surface area contributed by atoms with E-state index in [1.165, 1.54) is 0 Å². The molecule has 0 N–H and O–H groups in total. The fourth-order valence-electron chi connectivity index (χ4n) is 3.39. The first-order valence-electron chi connectivity index (χ1n) is 8.53. The number of halogens is 2. The van der Waals surface area contributed by atoms with E-state index in [1.54, 1.807) is 18.3 Å². The summed E-state index contributed by atoms with van der Waals surface area (Å²) >= 11 is 12.6. The molecule has 2 aromatic rings. The van der Waals surface area contributed by atoms with Gasteiger partial charge >= 0.3 is 0 Å². The van der Waals surface area contributed by atoms with E-state index < -0.39 is 0 Å². The lowest BCUT2D eigenvalue weighted by molar-refractivity contribution is 0.0729. The first-order chi connectivity index (χ1) is 11.9. The Balaban J connectivity index is 1.92. The fraction of sp³-hybridized carbons (Fsp3) is 0.500. The van der Waals surface area contributed by atoms with E-state index in [9.17, 15) is 4.79 Å². The highest BCUT2D eigenvalue weighted by Crippen LogP contribution is 2.38. The Morgan fingerprint density at radius 2 is 2.16 bits per heavy atom. The molecule has 0 radical (unpaired) electrons. The average molecular weight is 381 g/mol. The maximum Gasteiger partial charge on any atom is 0.273 e. The fourth-order valence-corrected chi connectivity index (χ4v) is 3.92.